The number of pyridine rings is 1. The van der Waals surface area contributed by atoms with Gasteiger partial charge in [-0.15, -0.1) is 0 Å². The van der Waals surface area contributed by atoms with E-state index in [0.29, 0.717) is 17.5 Å². The van der Waals surface area contributed by atoms with Crippen LogP contribution >= 0.6 is 0 Å². The Morgan fingerprint density at radius 1 is 1.29 bits per heavy atom. The third-order valence-electron chi connectivity index (χ3n) is 5.02. The van der Waals surface area contributed by atoms with E-state index in [-0.39, 0.29) is 40.6 Å². The van der Waals surface area contributed by atoms with Crippen molar-refractivity contribution in [3.8, 4) is 11.3 Å². The summed E-state index contributed by atoms with van der Waals surface area (Å²) in [6.07, 6.45) is 0.346. The molecule has 2 amide bonds. The van der Waals surface area contributed by atoms with Crippen LogP contribution in [0.4, 0.5) is 4.39 Å². The first-order chi connectivity index (χ1) is 14.7. The second-order valence-corrected chi connectivity index (χ2v) is 9.56. The first-order valence-corrected chi connectivity index (χ1v) is 11.4. The third kappa shape index (κ3) is 4.41. The Morgan fingerprint density at radius 2 is 2.06 bits per heavy atom. The van der Waals surface area contributed by atoms with Crippen LogP contribution < -0.4 is 10.6 Å². The molecule has 1 atom stereocenters. The first kappa shape index (κ1) is 20.9. The van der Waals surface area contributed by atoms with E-state index in [0.717, 1.165) is 0 Å². The maximum Gasteiger partial charge on any atom is 0.259 e. The maximum atomic E-state index is 14.2. The van der Waals surface area contributed by atoms with Crippen LogP contribution in [0.2, 0.25) is 0 Å². The van der Waals surface area contributed by atoms with Gasteiger partial charge in [-0.1, -0.05) is 17.3 Å². The SMILES string of the molecule is Cc1noc2nc(-c3ccccc3F)cc(C(=O)NCC(=O)N[C@@H]3CCS(=O)(=O)C3)c12. The van der Waals surface area contributed by atoms with Gasteiger partial charge >= 0.3 is 0 Å². The average molecular weight is 446 g/mol. The number of aryl methyl sites for hydroxylation is 1. The number of aromatic nitrogens is 2. The fraction of sp³-hybridized carbons (Fsp3) is 0.300. The molecule has 0 bridgehead atoms. The lowest BCUT2D eigenvalue weighted by atomic mass is 10.0. The molecule has 31 heavy (non-hydrogen) atoms. The highest BCUT2D eigenvalue weighted by atomic mass is 32.2. The second kappa shape index (κ2) is 8.06. The van der Waals surface area contributed by atoms with Crippen molar-refractivity contribution in [2.24, 2.45) is 0 Å². The summed E-state index contributed by atoms with van der Waals surface area (Å²) in [4.78, 5) is 29.3. The molecule has 3 heterocycles. The lowest BCUT2D eigenvalue weighted by molar-refractivity contribution is -0.120. The molecule has 162 valence electrons. The molecule has 11 heteroatoms. The molecule has 1 saturated heterocycles. The largest absolute Gasteiger partial charge is 0.351 e. The van der Waals surface area contributed by atoms with E-state index < -0.39 is 33.5 Å². The third-order valence-corrected chi connectivity index (χ3v) is 6.79. The molecule has 0 saturated carbocycles. The zero-order valence-electron chi connectivity index (χ0n) is 16.5. The number of fused-ring (bicyclic) bond motifs is 1. The number of halogens is 1. The van der Waals surface area contributed by atoms with Gasteiger partial charge < -0.3 is 15.2 Å². The van der Waals surface area contributed by atoms with Crippen molar-refractivity contribution in [1.82, 2.24) is 20.8 Å². The molecule has 1 fully saturated rings. The van der Waals surface area contributed by atoms with Crippen molar-refractivity contribution in [2.75, 3.05) is 18.1 Å². The predicted octanol–water partition coefficient (Wildman–Crippen LogP) is 1.37. The van der Waals surface area contributed by atoms with Crippen LogP contribution in [-0.4, -0.2) is 54.5 Å². The Bertz CT molecular complexity index is 1290. The van der Waals surface area contributed by atoms with Gasteiger partial charge in [0, 0.05) is 11.6 Å². The van der Waals surface area contributed by atoms with Crippen LogP contribution in [0.25, 0.3) is 22.4 Å². The Balaban J connectivity index is 1.55. The van der Waals surface area contributed by atoms with Crippen molar-refractivity contribution < 1.29 is 26.9 Å². The summed E-state index contributed by atoms with van der Waals surface area (Å²) in [5, 5.41) is 9.30. The van der Waals surface area contributed by atoms with Gasteiger partial charge in [-0.3, -0.25) is 9.59 Å². The summed E-state index contributed by atoms with van der Waals surface area (Å²) in [5.41, 5.74) is 1.01. The quantitative estimate of drug-likeness (QED) is 0.605. The van der Waals surface area contributed by atoms with E-state index in [9.17, 15) is 22.4 Å². The molecular formula is C20H19FN4O5S. The number of hydrogen-bond donors (Lipinski definition) is 2. The number of carbonyl (C=O) groups is 2. The summed E-state index contributed by atoms with van der Waals surface area (Å²) in [7, 11) is -3.13. The number of sulfone groups is 1. The molecule has 4 rings (SSSR count). The van der Waals surface area contributed by atoms with Gasteiger partial charge in [0.05, 0.1) is 40.4 Å². The number of rotatable bonds is 5. The minimum atomic E-state index is -3.13. The molecule has 0 spiro atoms. The highest BCUT2D eigenvalue weighted by Crippen LogP contribution is 2.28. The second-order valence-electron chi connectivity index (χ2n) is 7.33. The van der Waals surface area contributed by atoms with Crippen LogP contribution in [0.15, 0.2) is 34.9 Å². The van der Waals surface area contributed by atoms with E-state index in [1.165, 1.54) is 24.3 Å². The van der Waals surface area contributed by atoms with Crippen LogP contribution in [0.5, 0.6) is 0 Å². The fourth-order valence-electron chi connectivity index (χ4n) is 3.52. The van der Waals surface area contributed by atoms with Crippen molar-refractivity contribution in [3.63, 3.8) is 0 Å². The lowest BCUT2D eigenvalue weighted by Gasteiger charge is -2.12. The summed E-state index contributed by atoms with van der Waals surface area (Å²) < 4.78 is 42.4. The number of carbonyl (C=O) groups excluding carboxylic acids is 2. The van der Waals surface area contributed by atoms with Crippen molar-refractivity contribution in [1.29, 1.82) is 0 Å². The van der Waals surface area contributed by atoms with Gasteiger partial charge in [-0.05, 0) is 31.5 Å². The Morgan fingerprint density at radius 3 is 2.77 bits per heavy atom. The van der Waals surface area contributed by atoms with E-state index in [2.05, 4.69) is 20.8 Å². The van der Waals surface area contributed by atoms with Crippen LogP contribution in [-0.2, 0) is 14.6 Å². The summed E-state index contributed by atoms with van der Waals surface area (Å²) in [6.45, 7) is 1.29. The average Bonchev–Trinajstić information content (AvgIpc) is 3.27. The molecule has 0 radical (unpaired) electrons. The highest BCUT2D eigenvalue weighted by molar-refractivity contribution is 7.91. The Kier molecular flexibility index (Phi) is 5.44. The fourth-order valence-corrected chi connectivity index (χ4v) is 5.20. The zero-order chi connectivity index (χ0) is 22.2. The van der Waals surface area contributed by atoms with Gasteiger partial charge in [-0.2, -0.15) is 0 Å². The van der Waals surface area contributed by atoms with Gasteiger partial charge in [0.25, 0.3) is 11.6 Å². The molecule has 1 aliphatic rings. The Labute approximate surface area is 176 Å². The maximum absolute atomic E-state index is 14.2. The summed E-state index contributed by atoms with van der Waals surface area (Å²) >= 11 is 0. The molecular weight excluding hydrogens is 427 g/mol. The summed E-state index contributed by atoms with van der Waals surface area (Å²) in [6, 6.07) is 6.94. The van der Waals surface area contributed by atoms with E-state index in [1.807, 2.05) is 0 Å². The van der Waals surface area contributed by atoms with Crippen LogP contribution in [0.1, 0.15) is 22.5 Å². The highest BCUT2D eigenvalue weighted by Gasteiger charge is 2.29. The standard InChI is InChI=1S/C20H19FN4O5S/c1-11-18-14(19(27)22-9-17(26)23-12-6-7-31(28,29)10-12)8-16(24-20(18)30-25-11)13-4-2-3-5-15(13)21/h2-5,8,12H,6-7,9-10H2,1H3,(H,22,27)(H,23,26)/t12-/m1/s1. The molecule has 2 N–H and O–H groups in total. The zero-order valence-corrected chi connectivity index (χ0v) is 17.3. The van der Waals surface area contributed by atoms with E-state index >= 15 is 0 Å². The van der Waals surface area contributed by atoms with E-state index in [1.54, 1.807) is 13.0 Å². The minimum absolute atomic E-state index is 0.0326. The number of benzene rings is 1. The summed E-state index contributed by atoms with van der Waals surface area (Å²) in [5.74, 6) is -1.68. The van der Waals surface area contributed by atoms with Gasteiger partial charge in [-0.25, -0.2) is 17.8 Å². The van der Waals surface area contributed by atoms with Gasteiger partial charge in [0.2, 0.25) is 5.91 Å². The number of hydrogen-bond acceptors (Lipinski definition) is 7. The van der Waals surface area contributed by atoms with Gasteiger partial charge in [0.15, 0.2) is 9.84 Å². The van der Waals surface area contributed by atoms with Gasteiger partial charge in [0.1, 0.15) is 5.82 Å². The number of amides is 2. The lowest BCUT2D eigenvalue weighted by Crippen LogP contribution is -2.42. The number of nitrogens with one attached hydrogen (secondary N) is 2. The molecule has 1 aliphatic heterocycles. The molecule has 1 aromatic carbocycles. The topological polar surface area (TPSA) is 131 Å². The van der Waals surface area contributed by atoms with E-state index in [4.69, 9.17) is 4.52 Å². The van der Waals surface area contributed by atoms with Crippen molar-refractivity contribution in [2.45, 2.75) is 19.4 Å². The van der Waals surface area contributed by atoms with Crippen molar-refractivity contribution >= 4 is 32.8 Å². The molecule has 9 nitrogen and oxygen atoms in total. The van der Waals surface area contributed by atoms with Crippen molar-refractivity contribution in [3.05, 3.63) is 47.4 Å². The normalized spacial score (nSPS) is 17.5. The number of nitrogens with zero attached hydrogens (tertiary/aromatic N) is 2. The Hall–Kier alpha value is -3.34. The monoisotopic (exact) mass is 446 g/mol. The predicted molar refractivity (Wildman–Crippen MR) is 109 cm³/mol. The smallest absolute Gasteiger partial charge is 0.259 e. The van der Waals surface area contributed by atoms with Crippen LogP contribution in [0.3, 0.4) is 0 Å². The first-order valence-electron chi connectivity index (χ1n) is 9.53. The molecule has 0 unspecified atom stereocenters. The minimum Gasteiger partial charge on any atom is -0.351 e. The molecule has 3 aromatic rings. The molecule has 0 aliphatic carbocycles. The van der Waals surface area contributed by atoms with Crippen LogP contribution in [0, 0.1) is 12.7 Å². The molecule has 2 aromatic heterocycles.